The number of hydrogen-bond acceptors (Lipinski definition) is 4. The highest BCUT2D eigenvalue weighted by Crippen LogP contribution is 2.30. The zero-order valence-electron chi connectivity index (χ0n) is 17.1. The molecule has 1 amide bonds. The number of halogens is 1. The van der Waals surface area contributed by atoms with E-state index in [-0.39, 0.29) is 11.7 Å². The molecule has 1 heterocycles. The van der Waals surface area contributed by atoms with Crippen LogP contribution in [0, 0.1) is 12.7 Å². The number of aryl methyl sites for hydroxylation is 1. The lowest BCUT2D eigenvalue weighted by molar-refractivity contribution is -0.115. The highest BCUT2D eigenvalue weighted by atomic mass is 32.2. The molecule has 0 fully saturated rings. The summed E-state index contributed by atoms with van der Waals surface area (Å²) in [7, 11) is 0. The van der Waals surface area contributed by atoms with Crippen molar-refractivity contribution < 1.29 is 9.18 Å². The fourth-order valence-electron chi connectivity index (χ4n) is 3.10. The van der Waals surface area contributed by atoms with E-state index < -0.39 is 5.25 Å². The van der Waals surface area contributed by atoms with E-state index in [9.17, 15) is 9.18 Å². The average molecular weight is 433 g/mol. The maximum absolute atomic E-state index is 13.4. The third-order valence-electron chi connectivity index (χ3n) is 4.80. The SMILES string of the molecule is Cc1ccccc1NC(=O)C(C)Sc1nnc(-c2ccc(F)cc2)n1-c1ccccc1. The molecule has 4 aromatic rings. The van der Waals surface area contributed by atoms with Crippen molar-refractivity contribution in [1.82, 2.24) is 14.8 Å². The second-order valence-corrected chi connectivity index (χ2v) is 8.36. The fourth-order valence-corrected chi connectivity index (χ4v) is 3.97. The molecule has 3 aromatic carbocycles. The predicted octanol–water partition coefficient (Wildman–Crippen LogP) is 5.50. The highest BCUT2D eigenvalue weighted by Gasteiger charge is 2.22. The molecule has 0 aliphatic carbocycles. The summed E-state index contributed by atoms with van der Waals surface area (Å²) in [4.78, 5) is 12.8. The number of nitrogens with zero attached hydrogens (tertiary/aromatic N) is 3. The Kier molecular flexibility index (Phi) is 6.13. The van der Waals surface area contributed by atoms with Crippen LogP contribution in [0.2, 0.25) is 0 Å². The molecule has 156 valence electrons. The van der Waals surface area contributed by atoms with Gasteiger partial charge in [-0.1, -0.05) is 48.2 Å². The number of thioether (sulfide) groups is 1. The Bertz CT molecular complexity index is 1190. The molecule has 4 rings (SSSR count). The minimum Gasteiger partial charge on any atom is -0.325 e. The summed E-state index contributed by atoms with van der Waals surface area (Å²) in [6.07, 6.45) is 0. The van der Waals surface area contributed by atoms with Gasteiger partial charge < -0.3 is 5.32 Å². The van der Waals surface area contributed by atoms with Gasteiger partial charge in [0, 0.05) is 16.9 Å². The first-order chi connectivity index (χ1) is 15.0. The second kappa shape index (κ2) is 9.14. The average Bonchev–Trinajstić information content (AvgIpc) is 3.19. The van der Waals surface area contributed by atoms with Gasteiger partial charge in [0.15, 0.2) is 11.0 Å². The van der Waals surface area contributed by atoms with Crippen molar-refractivity contribution in [2.45, 2.75) is 24.3 Å². The summed E-state index contributed by atoms with van der Waals surface area (Å²) < 4.78 is 15.3. The van der Waals surface area contributed by atoms with Gasteiger partial charge in [0.2, 0.25) is 5.91 Å². The summed E-state index contributed by atoms with van der Waals surface area (Å²) in [5.41, 5.74) is 3.39. The molecule has 1 atom stereocenters. The van der Waals surface area contributed by atoms with Gasteiger partial charge in [-0.15, -0.1) is 10.2 Å². The Labute approximate surface area is 184 Å². The molecule has 1 N–H and O–H groups in total. The van der Waals surface area contributed by atoms with Gasteiger partial charge in [0.25, 0.3) is 0 Å². The van der Waals surface area contributed by atoms with Crippen LogP contribution in [-0.2, 0) is 4.79 Å². The van der Waals surface area contributed by atoms with Gasteiger partial charge in [-0.2, -0.15) is 0 Å². The van der Waals surface area contributed by atoms with E-state index in [4.69, 9.17) is 0 Å². The number of anilines is 1. The fraction of sp³-hybridized carbons (Fsp3) is 0.125. The number of amides is 1. The standard InChI is InChI=1S/C24H21FN4OS/c1-16-8-6-7-11-21(16)26-23(30)17(2)31-24-28-27-22(18-12-14-19(25)15-13-18)29(24)20-9-4-3-5-10-20/h3-15,17H,1-2H3,(H,26,30). The van der Waals surface area contributed by atoms with Gasteiger partial charge in [-0.25, -0.2) is 4.39 Å². The van der Waals surface area contributed by atoms with Crippen molar-refractivity contribution in [2.75, 3.05) is 5.32 Å². The smallest absolute Gasteiger partial charge is 0.237 e. The lowest BCUT2D eigenvalue weighted by Crippen LogP contribution is -2.23. The maximum atomic E-state index is 13.4. The van der Waals surface area contributed by atoms with Crippen LogP contribution in [0.25, 0.3) is 17.1 Å². The molecule has 0 aliphatic heterocycles. The quantitative estimate of drug-likeness (QED) is 0.409. The Hall–Kier alpha value is -3.45. The summed E-state index contributed by atoms with van der Waals surface area (Å²) in [5.74, 6) is 0.149. The van der Waals surface area contributed by atoms with Crippen LogP contribution >= 0.6 is 11.8 Å². The lowest BCUT2D eigenvalue weighted by atomic mass is 10.2. The number of para-hydroxylation sites is 2. The van der Waals surface area contributed by atoms with Crippen molar-refractivity contribution in [2.24, 2.45) is 0 Å². The van der Waals surface area contributed by atoms with E-state index in [1.54, 1.807) is 12.1 Å². The first kappa shape index (κ1) is 20.8. The van der Waals surface area contributed by atoms with Crippen molar-refractivity contribution in [3.63, 3.8) is 0 Å². The summed E-state index contributed by atoms with van der Waals surface area (Å²) >= 11 is 1.32. The number of benzene rings is 3. The van der Waals surface area contributed by atoms with E-state index in [1.807, 2.05) is 73.0 Å². The van der Waals surface area contributed by atoms with Crippen LogP contribution in [0.5, 0.6) is 0 Å². The van der Waals surface area contributed by atoms with Crippen molar-refractivity contribution >= 4 is 23.4 Å². The number of carbonyl (C=O) groups excluding carboxylic acids is 1. The number of rotatable bonds is 6. The zero-order chi connectivity index (χ0) is 21.8. The molecule has 0 saturated carbocycles. The largest absolute Gasteiger partial charge is 0.325 e. The van der Waals surface area contributed by atoms with Crippen molar-refractivity contribution in [1.29, 1.82) is 0 Å². The van der Waals surface area contributed by atoms with Crippen LogP contribution in [0.15, 0.2) is 84.0 Å². The number of nitrogens with one attached hydrogen (secondary N) is 1. The monoisotopic (exact) mass is 432 g/mol. The van der Waals surface area contributed by atoms with Crippen LogP contribution in [0.4, 0.5) is 10.1 Å². The molecule has 0 spiro atoms. The Morgan fingerprint density at radius 1 is 0.968 bits per heavy atom. The molecule has 1 aromatic heterocycles. The number of hydrogen-bond donors (Lipinski definition) is 1. The Morgan fingerprint density at radius 3 is 2.35 bits per heavy atom. The number of carbonyl (C=O) groups is 1. The van der Waals surface area contributed by atoms with Crippen LogP contribution < -0.4 is 5.32 Å². The summed E-state index contributed by atoms with van der Waals surface area (Å²) in [6.45, 7) is 3.79. The van der Waals surface area contributed by atoms with E-state index in [1.165, 1.54) is 23.9 Å². The van der Waals surface area contributed by atoms with Gasteiger partial charge in [-0.05, 0) is 61.9 Å². The van der Waals surface area contributed by atoms with E-state index in [0.29, 0.717) is 11.0 Å². The Balaban J connectivity index is 1.64. The minimum atomic E-state index is -0.410. The van der Waals surface area contributed by atoms with Crippen LogP contribution in [0.3, 0.4) is 0 Å². The van der Waals surface area contributed by atoms with Crippen molar-refractivity contribution in [3.05, 3.63) is 90.2 Å². The molecular formula is C24H21FN4OS. The summed E-state index contributed by atoms with van der Waals surface area (Å²) in [5, 5.41) is 11.8. The highest BCUT2D eigenvalue weighted by molar-refractivity contribution is 8.00. The maximum Gasteiger partial charge on any atom is 0.237 e. The molecule has 0 bridgehead atoms. The molecule has 0 saturated heterocycles. The van der Waals surface area contributed by atoms with Gasteiger partial charge in [-0.3, -0.25) is 9.36 Å². The van der Waals surface area contributed by atoms with Crippen molar-refractivity contribution in [3.8, 4) is 17.1 Å². The molecule has 1 unspecified atom stereocenters. The third-order valence-corrected chi connectivity index (χ3v) is 5.85. The van der Waals surface area contributed by atoms with Crippen LogP contribution in [-0.4, -0.2) is 25.9 Å². The molecule has 5 nitrogen and oxygen atoms in total. The zero-order valence-corrected chi connectivity index (χ0v) is 17.9. The first-order valence-electron chi connectivity index (χ1n) is 9.83. The molecular weight excluding hydrogens is 411 g/mol. The lowest BCUT2D eigenvalue weighted by Gasteiger charge is -2.15. The van der Waals surface area contributed by atoms with E-state index in [0.717, 1.165) is 22.5 Å². The molecule has 7 heteroatoms. The Morgan fingerprint density at radius 2 is 1.65 bits per heavy atom. The van der Waals surface area contributed by atoms with Gasteiger partial charge in [0.05, 0.1) is 5.25 Å². The molecule has 0 aliphatic rings. The normalized spacial score (nSPS) is 11.8. The number of aromatic nitrogens is 3. The van der Waals surface area contributed by atoms with Gasteiger partial charge >= 0.3 is 0 Å². The topological polar surface area (TPSA) is 59.8 Å². The first-order valence-corrected chi connectivity index (χ1v) is 10.7. The van der Waals surface area contributed by atoms with E-state index in [2.05, 4.69) is 15.5 Å². The van der Waals surface area contributed by atoms with Gasteiger partial charge in [0.1, 0.15) is 5.82 Å². The minimum absolute atomic E-state index is 0.120. The molecule has 31 heavy (non-hydrogen) atoms. The molecule has 0 radical (unpaired) electrons. The summed E-state index contributed by atoms with van der Waals surface area (Å²) in [6, 6.07) is 23.4. The third kappa shape index (κ3) is 4.67. The van der Waals surface area contributed by atoms with Crippen LogP contribution in [0.1, 0.15) is 12.5 Å². The van der Waals surface area contributed by atoms with E-state index >= 15 is 0 Å². The predicted molar refractivity (Wildman–Crippen MR) is 122 cm³/mol. The second-order valence-electron chi connectivity index (χ2n) is 7.05.